The van der Waals surface area contributed by atoms with E-state index in [-0.39, 0.29) is 0 Å². The van der Waals surface area contributed by atoms with Crippen LogP contribution in [0.3, 0.4) is 0 Å². The maximum atomic E-state index is 2.45. The Bertz CT molecular complexity index is 145. The van der Waals surface area contributed by atoms with Gasteiger partial charge in [0.2, 0.25) is 0 Å². The summed E-state index contributed by atoms with van der Waals surface area (Å²) in [5, 5.41) is 1.03. The van der Waals surface area contributed by atoms with Crippen molar-refractivity contribution in [2.45, 2.75) is 32.4 Å². The molecule has 64 valence electrons. The van der Waals surface area contributed by atoms with E-state index in [0.29, 0.717) is 0 Å². The molecule has 1 saturated carbocycles. The lowest BCUT2D eigenvalue weighted by molar-refractivity contribution is 0.149. The Labute approximate surface area is 74.1 Å². The highest BCUT2D eigenvalue weighted by Crippen LogP contribution is 2.51. The molecule has 0 nitrogen and oxygen atoms in total. The first kappa shape index (κ1) is 7.97. The summed E-state index contributed by atoms with van der Waals surface area (Å²) < 4.78 is 0. The van der Waals surface area contributed by atoms with Gasteiger partial charge < -0.3 is 0 Å². The van der Waals surface area contributed by atoms with Crippen molar-refractivity contribution in [3.63, 3.8) is 0 Å². The second-order valence-corrected chi connectivity index (χ2v) is 5.72. The Morgan fingerprint density at radius 3 is 2.36 bits per heavy atom. The summed E-state index contributed by atoms with van der Waals surface area (Å²) in [6.45, 7) is 7.32. The maximum absolute atomic E-state index is 2.45. The van der Waals surface area contributed by atoms with Crippen LogP contribution in [0.5, 0.6) is 0 Å². The van der Waals surface area contributed by atoms with E-state index in [9.17, 15) is 0 Å². The molecule has 0 aromatic rings. The zero-order valence-corrected chi connectivity index (χ0v) is 8.53. The first-order chi connectivity index (χ1) is 5.20. The van der Waals surface area contributed by atoms with E-state index >= 15 is 0 Å². The third-order valence-electron chi connectivity index (χ3n) is 3.78. The highest BCUT2D eigenvalue weighted by atomic mass is 32.2. The maximum Gasteiger partial charge on any atom is 0.0112 e. The van der Waals surface area contributed by atoms with Crippen LogP contribution >= 0.6 is 11.8 Å². The summed E-state index contributed by atoms with van der Waals surface area (Å²) in [6, 6.07) is 0. The van der Waals surface area contributed by atoms with Crippen LogP contribution in [0.4, 0.5) is 0 Å². The van der Waals surface area contributed by atoms with Gasteiger partial charge in [-0.25, -0.2) is 0 Å². The third-order valence-corrected chi connectivity index (χ3v) is 5.56. The standard InChI is InChI=1S/C10H18S/c1-6-4-7(2)10-9(5-11-10)8(6)3/h6-10H,4-5H2,1-3H3. The van der Waals surface area contributed by atoms with Crippen molar-refractivity contribution in [2.24, 2.45) is 23.7 Å². The molecule has 2 fully saturated rings. The van der Waals surface area contributed by atoms with Crippen LogP contribution in [0.1, 0.15) is 27.2 Å². The van der Waals surface area contributed by atoms with E-state index in [1.807, 2.05) is 0 Å². The minimum Gasteiger partial charge on any atom is -0.158 e. The van der Waals surface area contributed by atoms with Crippen molar-refractivity contribution < 1.29 is 0 Å². The summed E-state index contributed by atoms with van der Waals surface area (Å²) in [5.41, 5.74) is 0. The molecule has 0 aromatic heterocycles. The van der Waals surface area contributed by atoms with Crippen LogP contribution in [0.25, 0.3) is 0 Å². The van der Waals surface area contributed by atoms with Crippen LogP contribution in [0.2, 0.25) is 0 Å². The number of thioether (sulfide) groups is 1. The molecule has 1 aliphatic carbocycles. The fourth-order valence-electron chi connectivity index (χ4n) is 2.71. The molecule has 0 amide bonds. The van der Waals surface area contributed by atoms with Crippen molar-refractivity contribution in [1.29, 1.82) is 0 Å². The van der Waals surface area contributed by atoms with Crippen molar-refractivity contribution in [3.05, 3.63) is 0 Å². The van der Waals surface area contributed by atoms with Crippen molar-refractivity contribution >= 4 is 11.8 Å². The molecule has 0 spiro atoms. The molecule has 0 bridgehead atoms. The Morgan fingerprint density at radius 1 is 1.09 bits per heavy atom. The molecule has 0 N–H and O–H groups in total. The minimum absolute atomic E-state index is 0.979. The largest absolute Gasteiger partial charge is 0.158 e. The number of fused-ring (bicyclic) bond motifs is 1. The molecule has 11 heavy (non-hydrogen) atoms. The molecular weight excluding hydrogens is 152 g/mol. The summed E-state index contributed by atoms with van der Waals surface area (Å²) in [7, 11) is 0. The monoisotopic (exact) mass is 170 g/mol. The second kappa shape index (κ2) is 2.69. The van der Waals surface area contributed by atoms with Gasteiger partial charge in [0.25, 0.3) is 0 Å². The Balaban J connectivity index is 2.07. The zero-order chi connectivity index (χ0) is 8.01. The summed E-state index contributed by atoms with van der Waals surface area (Å²) in [4.78, 5) is 0. The first-order valence-electron chi connectivity index (χ1n) is 4.81. The Kier molecular flexibility index (Phi) is 1.95. The molecule has 1 heteroatoms. The van der Waals surface area contributed by atoms with Crippen LogP contribution in [-0.4, -0.2) is 11.0 Å². The van der Waals surface area contributed by atoms with E-state index in [0.717, 1.165) is 28.9 Å². The Hall–Kier alpha value is 0.350. The topological polar surface area (TPSA) is 0 Å². The first-order valence-corrected chi connectivity index (χ1v) is 5.86. The van der Waals surface area contributed by atoms with E-state index in [1.165, 1.54) is 12.2 Å². The van der Waals surface area contributed by atoms with Gasteiger partial charge in [0.15, 0.2) is 0 Å². The number of hydrogen-bond donors (Lipinski definition) is 0. The molecule has 1 saturated heterocycles. The van der Waals surface area contributed by atoms with E-state index in [4.69, 9.17) is 0 Å². The van der Waals surface area contributed by atoms with Crippen LogP contribution < -0.4 is 0 Å². The fourth-order valence-corrected chi connectivity index (χ4v) is 4.34. The Morgan fingerprint density at radius 2 is 1.82 bits per heavy atom. The molecule has 0 radical (unpaired) electrons. The van der Waals surface area contributed by atoms with E-state index < -0.39 is 0 Å². The summed E-state index contributed by atoms with van der Waals surface area (Å²) in [5.74, 6) is 5.48. The van der Waals surface area contributed by atoms with Gasteiger partial charge in [0.1, 0.15) is 0 Å². The smallest absolute Gasteiger partial charge is 0.0112 e. The molecule has 1 heterocycles. The normalized spacial score (nSPS) is 56.5. The highest BCUT2D eigenvalue weighted by molar-refractivity contribution is 8.01. The minimum atomic E-state index is 0.979. The van der Waals surface area contributed by atoms with Gasteiger partial charge in [-0.3, -0.25) is 0 Å². The predicted molar refractivity (Wildman–Crippen MR) is 51.8 cm³/mol. The molecule has 0 aromatic carbocycles. The molecule has 5 atom stereocenters. The summed E-state index contributed by atoms with van der Waals surface area (Å²) in [6.07, 6.45) is 1.47. The van der Waals surface area contributed by atoms with Gasteiger partial charge in [0.05, 0.1) is 0 Å². The van der Waals surface area contributed by atoms with Crippen LogP contribution in [0, 0.1) is 23.7 Å². The molecule has 2 aliphatic rings. The quantitative estimate of drug-likeness (QED) is 0.538. The van der Waals surface area contributed by atoms with Gasteiger partial charge in [-0.1, -0.05) is 20.8 Å². The van der Waals surface area contributed by atoms with Gasteiger partial charge in [-0.05, 0) is 35.8 Å². The molecule has 1 aliphatic heterocycles. The van der Waals surface area contributed by atoms with Gasteiger partial charge in [0, 0.05) is 5.25 Å². The van der Waals surface area contributed by atoms with Crippen molar-refractivity contribution in [1.82, 2.24) is 0 Å². The summed E-state index contributed by atoms with van der Waals surface area (Å²) >= 11 is 2.20. The zero-order valence-electron chi connectivity index (χ0n) is 7.71. The average molecular weight is 170 g/mol. The van der Waals surface area contributed by atoms with Crippen LogP contribution in [-0.2, 0) is 0 Å². The number of hydrogen-bond acceptors (Lipinski definition) is 1. The van der Waals surface area contributed by atoms with Crippen LogP contribution in [0.15, 0.2) is 0 Å². The van der Waals surface area contributed by atoms with E-state index in [2.05, 4.69) is 32.5 Å². The van der Waals surface area contributed by atoms with Gasteiger partial charge >= 0.3 is 0 Å². The fraction of sp³-hybridized carbons (Fsp3) is 1.00. The van der Waals surface area contributed by atoms with Gasteiger partial charge in [-0.15, -0.1) is 0 Å². The predicted octanol–water partition coefficient (Wildman–Crippen LogP) is 3.03. The average Bonchev–Trinajstić information content (AvgIpc) is 1.81. The number of rotatable bonds is 0. The van der Waals surface area contributed by atoms with E-state index in [1.54, 1.807) is 0 Å². The SMILES string of the molecule is CC1CC(C)C2SCC2C1C. The molecular formula is C10H18S. The lowest BCUT2D eigenvalue weighted by Gasteiger charge is -2.50. The van der Waals surface area contributed by atoms with Crippen molar-refractivity contribution in [3.8, 4) is 0 Å². The highest BCUT2D eigenvalue weighted by Gasteiger charge is 2.44. The molecule has 2 rings (SSSR count). The molecule has 5 unspecified atom stereocenters. The second-order valence-electron chi connectivity index (χ2n) is 4.51. The lowest BCUT2D eigenvalue weighted by Crippen LogP contribution is -2.46. The van der Waals surface area contributed by atoms with Crippen molar-refractivity contribution in [2.75, 3.05) is 5.75 Å². The van der Waals surface area contributed by atoms with Gasteiger partial charge in [-0.2, -0.15) is 11.8 Å². The lowest BCUT2D eigenvalue weighted by atomic mass is 9.69. The third kappa shape index (κ3) is 1.12.